The highest BCUT2D eigenvalue weighted by molar-refractivity contribution is 6.10. The molecule has 0 atom stereocenters. The normalized spacial score (nSPS) is 10.6. The molecule has 0 radical (unpaired) electrons. The predicted octanol–water partition coefficient (Wildman–Crippen LogP) is 1.85. The Labute approximate surface area is 110 Å². The molecule has 0 saturated heterocycles. The third-order valence-corrected chi connectivity index (χ3v) is 2.80. The number of carbonyl (C=O) groups excluding carboxylic acids is 2. The van der Waals surface area contributed by atoms with Crippen molar-refractivity contribution < 1.29 is 19.1 Å². The summed E-state index contributed by atoms with van der Waals surface area (Å²) in [4.78, 5) is 26.4. The zero-order valence-electron chi connectivity index (χ0n) is 10.9. The number of hydrogen-bond acceptors (Lipinski definition) is 4. The number of aromatic nitrogens is 1. The number of fused-ring (bicyclic) bond motifs is 1. The summed E-state index contributed by atoms with van der Waals surface area (Å²) in [6.45, 7) is 1.40. The number of hydrogen-bond donors (Lipinski definition) is 1. The lowest BCUT2D eigenvalue weighted by Crippen LogP contribution is -2.17. The molecule has 0 fully saturated rings. The average molecular weight is 261 g/mol. The van der Waals surface area contributed by atoms with Crippen molar-refractivity contribution in [2.45, 2.75) is 6.92 Å². The van der Waals surface area contributed by atoms with Crippen molar-refractivity contribution in [2.24, 2.45) is 0 Å². The van der Waals surface area contributed by atoms with E-state index >= 15 is 0 Å². The third kappa shape index (κ3) is 2.82. The van der Waals surface area contributed by atoms with Crippen molar-refractivity contribution in [1.29, 1.82) is 0 Å². The van der Waals surface area contributed by atoms with Crippen LogP contribution in [0.25, 0.3) is 10.9 Å². The van der Waals surface area contributed by atoms with Crippen LogP contribution in [0.3, 0.4) is 0 Å². The van der Waals surface area contributed by atoms with E-state index in [0.29, 0.717) is 5.56 Å². The Balaban J connectivity index is 2.17. The van der Waals surface area contributed by atoms with Crippen LogP contribution in [0.1, 0.15) is 16.1 Å². The molecule has 2 rings (SSSR count). The first-order valence-electron chi connectivity index (χ1n) is 5.88. The number of Topliss-reactive ketones (excluding diaryl/α,β-unsaturated/α-hetero) is 1. The Bertz CT molecular complexity index is 615. The first kappa shape index (κ1) is 13.3. The fourth-order valence-corrected chi connectivity index (χ4v) is 2.01. The molecule has 0 saturated carbocycles. The van der Waals surface area contributed by atoms with Crippen LogP contribution in [0.2, 0.25) is 0 Å². The van der Waals surface area contributed by atoms with Gasteiger partial charge in [0.1, 0.15) is 6.61 Å². The molecular weight excluding hydrogens is 246 g/mol. The maximum atomic E-state index is 12.1. The molecule has 5 heteroatoms. The second kappa shape index (κ2) is 5.67. The van der Waals surface area contributed by atoms with E-state index in [1.165, 1.54) is 7.11 Å². The molecule has 2 aromatic rings. The van der Waals surface area contributed by atoms with Gasteiger partial charge in [0.25, 0.3) is 0 Å². The Morgan fingerprint density at radius 2 is 1.95 bits per heavy atom. The van der Waals surface area contributed by atoms with Crippen LogP contribution in [0.5, 0.6) is 0 Å². The smallest absolute Gasteiger partial charge is 0.332 e. The van der Waals surface area contributed by atoms with Crippen LogP contribution in [0, 0.1) is 6.92 Å². The van der Waals surface area contributed by atoms with Gasteiger partial charge in [-0.1, -0.05) is 18.2 Å². The quantitative estimate of drug-likeness (QED) is 0.658. The molecule has 1 heterocycles. The molecule has 19 heavy (non-hydrogen) atoms. The number of aryl methyl sites for hydroxylation is 1. The van der Waals surface area contributed by atoms with Gasteiger partial charge in [-0.15, -0.1) is 0 Å². The van der Waals surface area contributed by atoms with Crippen molar-refractivity contribution >= 4 is 22.7 Å². The Morgan fingerprint density at radius 1 is 1.21 bits per heavy atom. The molecule has 0 amide bonds. The van der Waals surface area contributed by atoms with Gasteiger partial charge in [0, 0.05) is 29.3 Å². The molecule has 1 N–H and O–H groups in total. The molecule has 0 aliphatic carbocycles. The van der Waals surface area contributed by atoms with Crippen LogP contribution in [0.15, 0.2) is 24.3 Å². The van der Waals surface area contributed by atoms with Gasteiger partial charge in [-0.05, 0) is 13.0 Å². The minimum Gasteiger partial charge on any atom is -0.456 e. The average Bonchev–Trinajstić information content (AvgIpc) is 2.72. The summed E-state index contributed by atoms with van der Waals surface area (Å²) < 4.78 is 9.47. The summed E-state index contributed by atoms with van der Waals surface area (Å²) in [5.41, 5.74) is 2.24. The van der Waals surface area contributed by atoms with E-state index in [2.05, 4.69) is 9.72 Å². The Morgan fingerprint density at radius 3 is 2.68 bits per heavy atom. The number of aromatic amines is 1. The minimum atomic E-state index is -0.548. The van der Waals surface area contributed by atoms with Crippen LogP contribution in [-0.4, -0.2) is 37.1 Å². The number of benzene rings is 1. The van der Waals surface area contributed by atoms with E-state index in [9.17, 15) is 9.59 Å². The first-order valence-corrected chi connectivity index (χ1v) is 5.88. The number of H-pyrrole nitrogens is 1. The van der Waals surface area contributed by atoms with E-state index in [-0.39, 0.29) is 19.0 Å². The monoisotopic (exact) mass is 261 g/mol. The molecule has 0 aliphatic rings. The number of methoxy groups -OCH3 is 1. The maximum Gasteiger partial charge on any atom is 0.332 e. The summed E-state index contributed by atoms with van der Waals surface area (Å²) >= 11 is 0. The lowest BCUT2D eigenvalue weighted by molar-refractivity contribution is -0.146. The van der Waals surface area contributed by atoms with E-state index in [0.717, 1.165) is 16.6 Å². The second-order valence-electron chi connectivity index (χ2n) is 4.19. The molecule has 5 nitrogen and oxygen atoms in total. The van der Waals surface area contributed by atoms with Gasteiger partial charge in [-0.2, -0.15) is 0 Å². The topological polar surface area (TPSA) is 68.4 Å². The number of carbonyl (C=O) groups is 2. The Hall–Kier alpha value is -2.14. The number of ketones is 1. The van der Waals surface area contributed by atoms with Crippen molar-refractivity contribution in [1.82, 2.24) is 4.98 Å². The summed E-state index contributed by atoms with van der Waals surface area (Å²) in [7, 11) is 1.40. The van der Waals surface area contributed by atoms with E-state index < -0.39 is 5.97 Å². The number of para-hydroxylation sites is 1. The molecule has 100 valence electrons. The van der Waals surface area contributed by atoms with Crippen LogP contribution < -0.4 is 0 Å². The van der Waals surface area contributed by atoms with E-state index in [1.54, 1.807) is 0 Å². The van der Waals surface area contributed by atoms with Crippen molar-refractivity contribution in [3.8, 4) is 0 Å². The lowest BCUT2D eigenvalue weighted by Gasteiger charge is -2.03. The fraction of sp³-hybridized carbons (Fsp3) is 0.286. The zero-order valence-corrected chi connectivity index (χ0v) is 10.9. The maximum absolute atomic E-state index is 12.1. The second-order valence-corrected chi connectivity index (χ2v) is 4.19. The lowest BCUT2D eigenvalue weighted by atomic mass is 10.1. The van der Waals surface area contributed by atoms with Gasteiger partial charge in [-0.3, -0.25) is 4.79 Å². The fourth-order valence-electron chi connectivity index (χ4n) is 2.01. The van der Waals surface area contributed by atoms with Gasteiger partial charge in [0.15, 0.2) is 6.61 Å². The summed E-state index contributed by atoms with van der Waals surface area (Å²) in [6, 6.07) is 7.52. The standard InChI is InChI=1S/C14H15NO4/c1-9-14(10-5-3-4-6-11(10)15-9)12(16)7-19-13(17)8-18-2/h3-6,15H,7-8H2,1-2H3. The van der Waals surface area contributed by atoms with Crippen LogP contribution >= 0.6 is 0 Å². The largest absolute Gasteiger partial charge is 0.456 e. The highest BCUT2D eigenvalue weighted by Gasteiger charge is 2.17. The number of rotatable bonds is 5. The minimum absolute atomic E-state index is 0.153. The van der Waals surface area contributed by atoms with Gasteiger partial charge in [0.2, 0.25) is 5.78 Å². The molecule has 0 bridgehead atoms. The third-order valence-electron chi connectivity index (χ3n) is 2.80. The molecule has 0 unspecified atom stereocenters. The number of nitrogens with one attached hydrogen (secondary N) is 1. The number of ether oxygens (including phenoxy) is 2. The van der Waals surface area contributed by atoms with Crippen LogP contribution in [0.4, 0.5) is 0 Å². The molecule has 0 spiro atoms. The van der Waals surface area contributed by atoms with Gasteiger partial charge in [-0.25, -0.2) is 4.79 Å². The SMILES string of the molecule is COCC(=O)OCC(=O)c1c(C)[nH]c2ccccc12. The van der Waals surface area contributed by atoms with E-state index in [4.69, 9.17) is 4.74 Å². The zero-order chi connectivity index (χ0) is 13.8. The van der Waals surface area contributed by atoms with E-state index in [1.807, 2.05) is 31.2 Å². The van der Waals surface area contributed by atoms with Crippen molar-refractivity contribution in [3.05, 3.63) is 35.5 Å². The molecule has 1 aromatic carbocycles. The number of esters is 1. The van der Waals surface area contributed by atoms with Gasteiger partial charge in [0.05, 0.1) is 0 Å². The van der Waals surface area contributed by atoms with Crippen LogP contribution in [-0.2, 0) is 14.3 Å². The summed E-state index contributed by atoms with van der Waals surface area (Å²) in [5.74, 6) is -0.771. The first-order chi connectivity index (χ1) is 9.13. The molecule has 1 aromatic heterocycles. The summed E-state index contributed by atoms with van der Waals surface area (Å²) in [6.07, 6.45) is 0. The van der Waals surface area contributed by atoms with Crippen molar-refractivity contribution in [2.75, 3.05) is 20.3 Å². The highest BCUT2D eigenvalue weighted by Crippen LogP contribution is 2.22. The van der Waals surface area contributed by atoms with Crippen molar-refractivity contribution in [3.63, 3.8) is 0 Å². The summed E-state index contributed by atoms with van der Waals surface area (Å²) in [5, 5.41) is 0.841. The van der Waals surface area contributed by atoms with Gasteiger partial charge < -0.3 is 14.5 Å². The highest BCUT2D eigenvalue weighted by atomic mass is 16.6. The van der Waals surface area contributed by atoms with Gasteiger partial charge >= 0.3 is 5.97 Å². The molecular formula is C14H15NO4. The molecule has 0 aliphatic heterocycles. The predicted molar refractivity (Wildman–Crippen MR) is 70.2 cm³/mol. The Kier molecular flexibility index (Phi) is 3.97.